The van der Waals surface area contributed by atoms with E-state index in [0.29, 0.717) is 46.3 Å². The van der Waals surface area contributed by atoms with Crippen LogP contribution in [-0.2, 0) is 16.6 Å². The Labute approximate surface area is 253 Å². The summed E-state index contributed by atoms with van der Waals surface area (Å²) in [4.78, 5) is 25.2. The number of aryl methyl sites for hydroxylation is 1. The zero-order chi connectivity index (χ0) is 31.1. The molecule has 2 bridgehead atoms. The molecule has 3 aliphatic rings. The smallest absolute Gasteiger partial charge is 0.329 e. The van der Waals surface area contributed by atoms with Crippen LogP contribution >= 0.6 is 0 Å². The van der Waals surface area contributed by atoms with Crippen LogP contribution in [0.2, 0.25) is 0 Å². The number of hydrogen-bond acceptors (Lipinski definition) is 7. The van der Waals surface area contributed by atoms with Gasteiger partial charge >= 0.3 is 6.55 Å². The highest BCUT2D eigenvalue weighted by Crippen LogP contribution is 2.39. The van der Waals surface area contributed by atoms with Gasteiger partial charge in [-0.2, -0.15) is 13.1 Å². The first-order valence-electron chi connectivity index (χ1n) is 14.9. The van der Waals surface area contributed by atoms with Crippen LogP contribution in [0, 0.1) is 12.8 Å². The van der Waals surface area contributed by atoms with Crippen molar-refractivity contribution in [2.24, 2.45) is 11.7 Å². The maximum atomic E-state index is 13.9. The molecule has 2 saturated heterocycles. The molecule has 0 aromatic carbocycles. The lowest BCUT2D eigenvalue weighted by Gasteiger charge is -2.35. The molecular formula is C30H35F2N7O4S. The van der Waals surface area contributed by atoms with Gasteiger partial charge in [-0.15, -0.1) is 0 Å². The Hall–Kier alpha value is -3.78. The van der Waals surface area contributed by atoms with E-state index in [1.165, 1.54) is 6.07 Å². The van der Waals surface area contributed by atoms with Gasteiger partial charge in [0.1, 0.15) is 22.8 Å². The molecule has 3 atom stereocenters. The number of fused-ring (bicyclic) bond motifs is 4. The molecule has 1 aliphatic carbocycles. The first-order chi connectivity index (χ1) is 21.0. The highest BCUT2D eigenvalue weighted by molar-refractivity contribution is 7.92. The molecule has 11 nitrogen and oxygen atoms in total. The number of nitrogens with two attached hydrogens (primary N) is 1. The molecule has 2 aliphatic heterocycles. The van der Waals surface area contributed by atoms with Gasteiger partial charge in [0.2, 0.25) is 10.0 Å². The van der Waals surface area contributed by atoms with Gasteiger partial charge in [-0.1, -0.05) is 0 Å². The van der Waals surface area contributed by atoms with Gasteiger partial charge in [0.25, 0.3) is 5.91 Å². The number of anilines is 1. The Morgan fingerprint density at radius 3 is 2.59 bits per heavy atom. The molecule has 0 spiro atoms. The van der Waals surface area contributed by atoms with Crippen LogP contribution in [0.1, 0.15) is 54.6 Å². The molecule has 234 valence electrons. The second-order valence-corrected chi connectivity index (χ2v) is 14.2. The minimum Gasteiger partial charge on any atom is -0.482 e. The summed E-state index contributed by atoms with van der Waals surface area (Å²) in [5, 5.41) is 0.670. The second-order valence-electron chi connectivity index (χ2n) is 12.3. The minimum absolute atomic E-state index is 0.0231. The van der Waals surface area contributed by atoms with Crippen molar-refractivity contribution < 1.29 is 26.7 Å². The van der Waals surface area contributed by atoms with Gasteiger partial charge in [-0.3, -0.25) is 9.20 Å². The Balaban J connectivity index is 1.35. The number of hydrogen-bond donors (Lipinski definition) is 1. The fourth-order valence-electron chi connectivity index (χ4n) is 7.09. The van der Waals surface area contributed by atoms with Crippen LogP contribution in [0.15, 0.2) is 30.3 Å². The van der Waals surface area contributed by atoms with E-state index in [1.807, 2.05) is 26.9 Å². The number of carbonyl (C=O) groups excluding carboxylic acids is 1. The van der Waals surface area contributed by atoms with E-state index < -0.39 is 16.6 Å². The van der Waals surface area contributed by atoms with E-state index >= 15 is 0 Å². The maximum absolute atomic E-state index is 13.9. The number of imidazole rings is 1. The third-order valence-corrected chi connectivity index (χ3v) is 10.4. The van der Waals surface area contributed by atoms with Crippen LogP contribution in [-0.4, -0.2) is 76.2 Å². The molecule has 2 unspecified atom stereocenters. The van der Waals surface area contributed by atoms with Crippen molar-refractivity contribution in [3.05, 3.63) is 41.6 Å². The minimum atomic E-state index is -4.27. The summed E-state index contributed by atoms with van der Waals surface area (Å²) >= 11 is 0. The van der Waals surface area contributed by atoms with E-state index in [1.54, 1.807) is 25.3 Å². The number of alkyl halides is 2. The number of pyridine rings is 2. The molecule has 3 fully saturated rings. The Morgan fingerprint density at radius 1 is 1.16 bits per heavy atom. The van der Waals surface area contributed by atoms with Gasteiger partial charge < -0.3 is 19.9 Å². The monoisotopic (exact) mass is 627 g/mol. The SMILES string of the molecule is COc1cc(C(=O)N2C3CCCC2[C@H](N)C3)cc2nc(-c3cc4ccc(N(C(F)F)S(C)(=O)=O)nc4n3CC3CC3)c(C)n12. The predicted octanol–water partition coefficient (Wildman–Crippen LogP) is 4.16. The van der Waals surface area contributed by atoms with E-state index in [-0.39, 0.29) is 34.2 Å². The summed E-state index contributed by atoms with van der Waals surface area (Å²) in [7, 11) is -2.72. The lowest BCUT2D eigenvalue weighted by Crippen LogP contribution is -2.47. The molecule has 4 aromatic rings. The number of amides is 1. The van der Waals surface area contributed by atoms with Gasteiger partial charge in [-0.25, -0.2) is 18.4 Å². The summed E-state index contributed by atoms with van der Waals surface area (Å²) in [6.07, 6.45) is 6.50. The van der Waals surface area contributed by atoms with Crippen molar-refractivity contribution in [1.82, 2.24) is 23.8 Å². The topological polar surface area (TPSA) is 128 Å². The van der Waals surface area contributed by atoms with Crippen molar-refractivity contribution in [2.75, 3.05) is 17.7 Å². The zero-order valence-electron chi connectivity index (χ0n) is 24.8. The number of methoxy groups -OCH3 is 1. The summed E-state index contributed by atoms with van der Waals surface area (Å²) in [5.41, 5.74) is 9.92. The first kappa shape index (κ1) is 29.0. The summed E-state index contributed by atoms with van der Waals surface area (Å²) < 4.78 is 61.6. The normalized spacial score (nSPS) is 22.0. The molecule has 4 aromatic heterocycles. The molecule has 44 heavy (non-hydrogen) atoms. The fourth-order valence-corrected chi connectivity index (χ4v) is 7.82. The van der Waals surface area contributed by atoms with Crippen molar-refractivity contribution in [3.63, 3.8) is 0 Å². The molecule has 14 heteroatoms. The van der Waals surface area contributed by atoms with Gasteiger partial charge in [0.15, 0.2) is 5.88 Å². The second kappa shape index (κ2) is 10.4. The standard InChI is InChI=1S/C30H35F2N7O4S/c1-16-27(23-11-18-9-10-24(39(30(31)32)44(3,41)42)35-28(18)36(23)15-17-7-8-17)34-25-12-19(13-26(43-2)37(16)25)29(40)38-20-5-4-6-22(38)21(33)14-20/h9-13,17,20-22,30H,4-8,14-15,33H2,1-3H3/t20?,21-,22?/m1/s1. The predicted molar refractivity (Wildman–Crippen MR) is 161 cm³/mol. The number of piperidine rings is 1. The van der Waals surface area contributed by atoms with Crippen molar-refractivity contribution in [1.29, 1.82) is 0 Å². The summed E-state index contributed by atoms with van der Waals surface area (Å²) in [6, 6.07) is 8.44. The van der Waals surface area contributed by atoms with Crippen LogP contribution in [0.3, 0.4) is 0 Å². The van der Waals surface area contributed by atoms with Gasteiger partial charge in [-0.05, 0) is 75.6 Å². The van der Waals surface area contributed by atoms with Crippen LogP contribution in [0.5, 0.6) is 5.88 Å². The van der Waals surface area contributed by atoms with Gasteiger partial charge in [0, 0.05) is 41.7 Å². The van der Waals surface area contributed by atoms with Crippen LogP contribution in [0.4, 0.5) is 14.6 Å². The lowest BCUT2D eigenvalue weighted by molar-refractivity contribution is 0.0587. The molecular weight excluding hydrogens is 592 g/mol. The molecule has 2 N–H and O–H groups in total. The average molecular weight is 628 g/mol. The maximum Gasteiger partial charge on any atom is 0.329 e. The third kappa shape index (κ3) is 4.69. The third-order valence-electron chi connectivity index (χ3n) is 9.30. The number of carbonyl (C=O) groups is 1. The Kier molecular flexibility index (Phi) is 6.85. The van der Waals surface area contributed by atoms with E-state index in [0.717, 1.165) is 56.2 Å². The first-order valence-corrected chi connectivity index (χ1v) is 16.7. The Bertz CT molecular complexity index is 1900. The molecule has 7 rings (SSSR count). The van der Waals surface area contributed by atoms with Crippen molar-refractivity contribution >= 4 is 38.4 Å². The number of halogens is 2. The fraction of sp³-hybridized carbons (Fsp3) is 0.500. The highest BCUT2D eigenvalue weighted by atomic mass is 32.2. The van der Waals surface area contributed by atoms with Crippen molar-refractivity contribution in [3.8, 4) is 17.3 Å². The van der Waals surface area contributed by atoms with E-state index in [9.17, 15) is 22.0 Å². The van der Waals surface area contributed by atoms with E-state index in [2.05, 4.69) is 4.98 Å². The van der Waals surface area contributed by atoms with E-state index in [4.69, 9.17) is 15.5 Å². The quantitative estimate of drug-likeness (QED) is 0.291. The number of sulfonamides is 1. The largest absolute Gasteiger partial charge is 0.482 e. The van der Waals surface area contributed by atoms with Crippen LogP contribution in [0.25, 0.3) is 28.1 Å². The number of rotatable bonds is 8. The molecule has 1 saturated carbocycles. The highest BCUT2D eigenvalue weighted by Gasteiger charge is 2.44. The number of aromatic nitrogens is 4. The summed E-state index contributed by atoms with van der Waals surface area (Å²) in [6.45, 7) is -0.791. The molecule has 0 radical (unpaired) electrons. The molecule has 6 heterocycles. The zero-order valence-corrected chi connectivity index (χ0v) is 25.6. The summed E-state index contributed by atoms with van der Waals surface area (Å²) in [5.74, 6) is 0.421. The Morgan fingerprint density at radius 2 is 1.93 bits per heavy atom. The molecule has 1 amide bonds. The van der Waals surface area contributed by atoms with Crippen molar-refractivity contribution in [2.45, 2.75) is 76.7 Å². The number of ether oxygens (including phenoxy) is 1. The van der Waals surface area contributed by atoms with Gasteiger partial charge in [0.05, 0.1) is 24.8 Å². The average Bonchev–Trinajstić information content (AvgIpc) is 3.60. The lowest BCUT2D eigenvalue weighted by atomic mass is 10.0. The van der Waals surface area contributed by atoms with Crippen LogP contribution < -0.4 is 14.8 Å². The number of nitrogens with zero attached hydrogens (tertiary/aromatic N) is 6.